The lowest BCUT2D eigenvalue weighted by atomic mass is 9.77. The molecule has 1 aliphatic carbocycles. The summed E-state index contributed by atoms with van der Waals surface area (Å²) in [4.78, 5) is 2.51. The number of likely N-dealkylation sites (tertiary alicyclic amines) is 1. The predicted molar refractivity (Wildman–Crippen MR) is 84.9 cm³/mol. The van der Waals surface area contributed by atoms with Gasteiger partial charge in [0, 0.05) is 19.1 Å². The van der Waals surface area contributed by atoms with Crippen LogP contribution in [-0.4, -0.2) is 48.3 Å². The minimum absolute atomic E-state index is 0.0427. The maximum atomic E-state index is 9.51. The summed E-state index contributed by atoms with van der Waals surface area (Å²) < 4.78 is 0. The minimum atomic E-state index is -0.0427. The third-order valence-electron chi connectivity index (χ3n) is 5.38. The number of hydrogen-bond donors (Lipinski definition) is 2. The Morgan fingerprint density at radius 1 is 1.15 bits per heavy atom. The lowest BCUT2D eigenvalue weighted by Crippen LogP contribution is -2.42. The average molecular weight is 282 g/mol. The van der Waals surface area contributed by atoms with Gasteiger partial charge in [0.25, 0.3) is 0 Å². The highest BCUT2D eigenvalue weighted by Gasteiger charge is 2.26. The van der Waals surface area contributed by atoms with E-state index in [-0.39, 0.29) is 6.10 Å². The molecule has 1 heterocycles. The van der Waals surface area contributed by atoms with Gasteiger partial charge in [0.1, 0.15) is 0 Å². The fraction of sp³-hybridized carbons (Fsp3) is 1.00. The molecule has 0 aromatic rings. The van der Waals surface area contributed by atoms with Crippen LogP contribution in [0.1, 0.15) is 58.8 Å². The third kappa shape index (κ3) is 5.01. The number of hydrogen-bond acceptors (Lipinski definition) is 3. The molecule has 1 saturated heterocycles. The number of aliphatic hydroxyl groups excluding tert-OH is 1. The summed E-state index contributed by atoms with van der Waals surface area (Å²) in [5.74, 6) is 1.82. The summed E-state index contributed by atoms with van der Waals surface area (Å²) in [6.45, 7) is 9.27. The van der Waals surface area contributed by atoms with Gasteiger partial charge in [0.15, 0.2) is 0 Å². The average Bonchev–Trinajstić information content (AvgIpc) is 2.46. The summed E-state index contributed by atoms with van der Waals surface area (Å²) in [5.41, 5.74) is 0. The molecule has 0 aromatic heterocycles. The summed E-state index contributed by atoms with van der Waals surface area (Å²) in [6.07, 6.45) is 8.65. The van der Waals surface area contributed by atoms with Crippen LogP contribution in [0, 0.1) is 11.8 Å². The van der Waals surface area contributed by atoms with Gasteiger partial charge in [-0.05, 0) is 63.5 Å². The minimum Gasteiger partial charge on any atom is -0.393 e. The molecule has 2 aliphatic rings. The van der Waals surface area contributed by atoms with Gasteiger partial charge in [0.2, 0.25) is 0 Å². The van der Waals surface area contributed by atoms with Crippen molar-refractivity contribution >= 4 is 0 Å². The quantitative estimate of drug-likeness (QED) is 0.735. The first-order valence-electron chi connectivity index (χ1n) is 8.82. The van der Waals surface area contributed by atoms with Crippen molar-refractivity contribution in [2.45, 2.75) is 70.9 Å². The first-order valence-corrected chi connectivity index (χ1v) is 8.82. The molecule has 0 bridgehead atoms. The Labute approximate surface area is 125 Å². The van der Waals surface area contributed by atoms with Crippen LogP contribution in [0.5, 0.6) is 0 Å². The number of rotatable bonds is 6. The van der Waals surface area contributed by atoms with Crippen LogP contribution in [0.25, 0.3) is 0 Å². The second-order valence-corrected chi connectivity index (χ2v) is 7.07. The van der Waals surface area contributed by atoms with Crippen LogP contribution < -0.4 is 5.32 Å². The molecule has 2 rings (SSSR count). The van der Waals surface area contributed by atoms with E-state index in [1.165, 1.54) is 38.6 Å². The van der Waals surface area contributed by atoms with E-state index in [0.29, 0.717) is 0 Å². The standard InChI is InChI=1S/C17H34N2O/c1-3-15-13-14(2)5-6-17(15)18-9-4-10-19-11-7-16(20)8-12-19/h14-18,20H,3-13H2,1-2H3. The van der Waals surface area contributed by atoms with Gasteiger partial charge < -0.3 is 15.3 Å². The van der Waals surface area contributed by atoms with Crippen molar-refractivity contribution in [2.24, 2.45) is 11.8 Å². The number of aliphatic hydroxyl groups is 1. The Balaban J connectivity index is 1.58. The lowest BCUT2D eigenvalue weighted by Gasteiger charge is -2.35. The molecule has 1 aliphatic heterocycles. The topological polar surface area (TPSA) is 35.5 Å². The van der Waals surface area contributed by atoms with Crippen LogP contribution >= 0.6 is 0 Å². The highest BCUT2D eigenvalue weighted by atomic mass is 16.3. The monoisotopic (exact) mass is 282 g/mol. The van der Waals surface area contributed by atoms with E-state index in [4.69, 9.17) is 0 Å². The molecule has 2 fully saturated rings. The molecule has 3 atom stereocenters. The van der Waals surface area contributed by atoms with E-state index < -0.39 is 0 Å². The third-order valence-corrected chi connectivity index (χ3v) is 5.38. The maximum absolute atomic E-state index is 9.51. The summed E-state index contributed by atoms with van der Waals surface area (Å²) >= 11 is 0. The SMILES string of the molecule is CCC1CC(C)CCC1NCCCN1CCC(O)CC1. The Morgan fingerprint density at radius 2 is 1.90 bits per heavy atom. The second kappa shape index (κ2) is 8.35. The van der Waals surface area contributed by atoms with Gasteiger partial charge in [-0.1, -0.05) is 20.3 Å². The molecule has 3 nitrogen and oxygen atoms in total. The van der Waals surface area contributed by atoms with E-state index >= 15 is 0 Å². The number of nitrogens with zero attached hydrogens (tertiary/aromatic N) is 1. The molecular weight excluding hydrogens is 248 g/mol. The zero-order chi connectivity index (χ0) is 14.4. The molecule has 2 N–H and O–H groups in total. The molecule has 0 amide bonds. The molecule has 118 valence electrons. The molecule has 3 heteroatoms. The molecule has 20 heavy (non-hydrogen) atoms. The van der Waals surface area contributed by atoms with E-state index in [0.717, 1.165) is 50.4 Å². The van der Waals surface area contributed by atoms with Crippen molar-refractivity contribution in [3.05, 3.63) is 0 Å². The number of nitrogens with one attached hydrogen (secondary N) is 1. The van der Waals surface area contributed by atoms with Gasteiger partial charge >= 0.3 is 0 Å². The van der Waals surface area contributed by atoms with Crippen LogP contribution in [0.15, 0.2) is 0 Å². The maximum Gasteiger partial charge on any atom is 0.0564 e. The van der Waals surface area contributed by atoms with Crippen molar-refractivity contribution in [3.8, 4) is 0 Å². The molecule has 0 spiro atoms. The molecule has 1 saturated carbocycles. The van der Waals surface area contributed by atoms with E-state index in [2.05, 4.69) is 24.1 Å². The van der Waals surface area contributed by atoms with Crippen LogP contribution in [0.4, 0.5) is 0 Å². The molecule has 0 radical (unpaired) electrons. The Morgan fingerprint density at radius 3 is 2.60 bits per heavy atom. The molecular formula is C17H34N2O. The van der Waals surface area contributed by atoms with Crippen molar-refractivity contribution in [3.63, 3.8) is 0 Å². The highest BCUT2D eigenvalue weighted by Crippen LogP contribution is 2.30. The van der Waals surface area contributed by atoms with Crippen LogP contribution in [0.2, 0.25) is 0 Å². The summed E-state index contributed by atoms with van der Waals surface area (Å²) in [7, 11) is 0. The Kier molecular flexibility index (Phi) is 6.79. The van der Waals surface area contributed by atoms with Gasteiger partial charge in [-0.3, -0.25) is 0 Å². The largest absolute Gasteiger partial charge is 0.393 e. The zero-order valence-electron chi connectivity index (χ0n) is 13.5. The van der Waals surface area contributed by atoms with Crippen molar-refractivity contribution in [1.29, 1.82) is 0 Å². The number of piperidine rings is 1. The van der Waals surface area contributed by atoms with E-state index in [1.54, 1.807) is 0 Å². The summed E-state index contributed by atoms with van der Waals surface area (Å²) in [6, 6.07) is 0.763. The Bertz CT molecular complexity index is 264. The fourth-order valence-electron chi connectivity index (χ4n) is 3.95. The van der Waals surface area contributed by atoms with Crippen molar-refractivity contribution in [1.82, 2.24) is 10.2 Å². The van der Waals surface area contributed by atoms with E-state index in [9.17, 15) is 5.11 Å². The predicted octanol–water partition coefficient (Wildman–Crippen LogP) is 2.64. The van der Waals surface area contributed by atoms with Gasteiger partial charge in [-0.25, -0.2) is 0 Å². The van der Waals surface area contributed by atoms with Gasteiger partial charge in [-0.2, -0.15) is 0 Å². The summed E-state index contributed by atoms with van der Waals surface area (Å²) in [5, 5.41) is 13.3. The first kappa shape index (κ1) is 16.3. The smallest absolute Gasteiger partial charge is 0.0564 e. The van der Waals surface area contributed by atoms with Gasteiger partial charge in [0.05, 0.1) is 6.10 Å². The van der Waals surface area contributed by atoms with Crippen molar-refractivity contribution in [2.75, 3.05) is 26.2 Å². The van der Waals surface area contributed by atoms with Crippen molar-refractivity contribution < 1.29 is 5.11 Å². The van der Waals surface area contributed by atoms with Crippen LogP contribution in [-0.2, 0) is 0 Å². The van der Waals surface area contributed by atoms with Gasteiger partial charge in [-0.15, -0.1) is 0 Å². The second-order valence-electron chi connectivity index (χ2n) is 7.07. The fourth-order valence-corrected chi connectivity index (χ4v) is 3.95. The zero-order valence-corrected chi connectivity index (χ0v) is 13.5. The van der Waals surface area contributed by atoms with E-state index in [1.807, 2.05) is 0 Å². The molecule has 0 aromatic carbocycles. The highest BCUT2D eigenvalue weighted by molar-refractivity contribution is 4.83. The Hall–Kier alpha value is -0.120. The van der Waals surface area contributed by atoms with Crippen LogP contribution in [0.3, 0.4) is 0 Å². The first-order chi connectivity index (χ1) is 9.69. The molecule has 3 unspecified atom stereocenters. The lowest BCUT2D eigenvalue weighted by molar-refractivity contribution is 0.0817. The normalized spacial score (nSPS) is 33.5.